The molecule has 2 aromatic heterocycles. The molecular formula is C25H27F3N2O2. The molecule has 1 N–H and O–H groups in total. The van der Waals surface area contributed by atoms with E-state index in [0.29, 0.717) is 29.2 Å². The predicted octanol–water partition coefficient (Wildman–Crippen LogP) is 5.81. The number of methoxy groups -OCH3 is 1. The van der Waals surface area contributed by atoms with Gasteiger partial charge in [-0.1, -0.05) is 6.42 Å². The molecule has 1 saturated carbocycles. The Hall–Kier alpha value is -2.96. The molecule has 7 heteroatoms. The maximum absolute atomic E-state index is 13.2. The Morgan fingerprint density at radius 1 is 1.16 bits per heavy atom. The van der Waals surface area contributed by atoms with Crippen LogP contribution in [0, 0.1) is 12.8 Å². The molecule has 0 radical (unpaired) electrons. The lowest BCUT2D eigenvalue weighted by Crippen LogP contribution is -2.38. The molecule has 0 saturated heterocycles. The lowest BCUT2D eigenvalue weighted by Gasteiger charge is -2.30. The number of aryl methyl sites for hydroxylation is 1. The standard InChI is InChI=1S/C25H27F3N2O2/c1-16-10-21(30-15-19(25(26,27)28)14-22(30)11-16)13-17-4-3-5-20(12-17)29-24(31)18-6-8-23(32-2)9-7-18/h6-11,14-15,17,20H,3-5,12-13H2,1-2H3,(H,29,31)/t17-,20+/m0/s1. The number of ether oxygens (including phenoxy) is 1. The predicted molar refractivity (Wildman–Crippen MR) is 117 cm³/mol. The van der Waals surface area contributed by atoms with Gasteiger partial charge >= 0.3 is 6.18 Å². The molecule has 2 heterocycles. The maximum Gasteiger partial charge on any atom is 0.417 e. The van der Waals surface area contributed by atoms with Crippen molar-refractivity contribution < 1.29 is 22.7 Å². The summed E-state index contributed by atoms with van der Waals surface area (Å²) in [5, 5.41) is 3.13. The molecule has 0 spiro atoms. The first kappa shape index (κ1) is 22.2. The van der Waals surface area contributed by atoms with Crippen LogP contribution >= 0.6 is 0 Å². The molecule has 4 rings (SSSR count). The first-order valence-electron chi connectivity index (χ1n) is 10.9. The first-order valence-corrected chi connectivity index (χ1v) is 10.9. The van der Waals surface area contributed by atoms with Crippen molar-refractivity contribution in [3.05, 3.63) is 71.0 Å². The highest BCUT2D eigenvalue weighted by Gasteiger charge is 2.32. The fraction of sp³-hybridized carbons (Fsp3) is 0.400. The van der Waals surface area contributed by atoms with Crippen LogP contribution in [0.4, 0.5) is 13.2 Å². The molecular weight excluding hydrogens is 417 g/mol. The minimum atomic E-state index is -4.36. The molecule has 1 amide bonds. The van der Waals surface area contributed by atoms with Crippen molar-refractivity contribution in [1.82, 2.24) is 9.72 Å². The topological polar surface area (TPSA) is 42.7 Å². The maximum atomic E-state index is 13.2. The average Bonchev–Trinajstić information content (AvgIpc) is 3.19. The van der Waals surface area contributed by atoms with Crippen molar-refractivity contribution in [2.45, 2.75) is 51.2 Å². The van der Waals surface area contributed by atoms with Gasteiger partial charge in [-0.25, -0.2) is 0 Å². The molecule has 0 unspecified atom stereocenters. The van der Waals surface area contributed by atoms with Crippen LogP contribution in [-0.2, 0) is 12.6 Å². The number of aromatic nitrogens is 1. The Balaban J connectivity index is 1.46. The molecule has 1 fully saturated rings. The van der Waals surface area contributed by atoms with Crippen molar-refractivity contribution in [3.8, 4) is 5.75 Å². The number of hydrogen-bond acceptors (Lipinski definition) is 2. The molecule has 32 heavy (non-hydrogen) atoms. The normalized spacial score (nSPS) is 19.2. The van der Waals surface area contributed by atoms with Crippen molar-refractivity contribution >= 4 is 11.4 Å². The summed E-state index contributed by atoms with van der Waals surface area (Å²) in [6.45, 7) is 1.91. The minimum Gasteiger partial charge on any atom is -0.497 e. The number of alkyl halides is 3. The fourth-order valence-corrected chi connectivity index (χ4v) is 4.67. The van der Waals surface area contributed by atoms with Crippen molar-refractivity contribution in [1.29, 1.82) is 0 Å². The van der Waals surface area contributed by atoms with E-state index in [-0.39, 0.29) is 11.9 Å². The summed E-state index contributed by atoms with van der Waals surface area (Å²) in [5.41, 5.74) is 2.34. The average molecular weight is 444 g/mol. The molecule has 1 aliphatic carbocycles. The third-order valence-corrected chi connectivity index (χ3v) is 6.22. The van der Waals surface area contributed by atoms with E-state index in [0.717, 1.165) is 36.9 Å². The van der Waals surface area contributed by atoms with E-state index in [9.17, 15) is 18.0 Å². The van der Waals surface area contributed by atoms with Crippen LogP contribution in [0.2, 0.25) is 0 Å². The number of nitrogens with one attached hydrogen (secondary N) is 1. The lowest BCUT2D eigenvalue weighted by atomic mass is 9.82. The van der Waals surface area contributed by atoms with E-state index in [1.807, 2.05) is 13.0 Å². The lowest BCUT2D eigenvalue weighted by molar-refractivity contribution is -0.137. The third-order valence-electron chi connectivity index (χ3n) is 6.22. The molecule has 1 aliphatic rings. The second-order valence-corrected chi connectivity index (χ2v) is 8.68. The van der Waals surface area contributed by atoms with Crippen LogP contribution < -0.4 is 10.1 Å². The molecule has 1 aromatic carbocycles. The summed E-state index contributed by atoms with van der Waals surface area (Å²) < 4.78 is 46.4. The van der Waals surface area contributed by atoms with E-state index in [1.54, 1.807) is 41.8 Å². The van der Waals surface area contributed by atoms with Gasteiger partial charge in [0.2, 0.25) is 0 Å². The second-order valence-electron chi connectivity index (χ2n) is 8.68. The van der Waals surface area contributed by atoms with Crippen LogP contribution in [0.15, 0.2) is 48.7 Å². The SMILES string of the molecule is COc1ccc(C(=O)N[C@@H]2CCC[C@H](Cc3cc(C)cc4cc(C(F)(F)F)cn34)C2)cc1. The summed E-state index contributed by atoms with van der Waals surface area (Å²) in [4.78, 5) is 12.6. The Morgan fingerprint density at radius 2 is 1.91 bits per heavy atom. The molecule has 2 atom stereocenters. The Labute approximate surface area is 185 Å². The fourth-order valence-electron chi connectivity index (χ4n) is 4.67. The zero-order valence-electron chi connectivity index (χ0n) is 18.2. The number of pyridine rings is 1. The zero-order valence-corrected chi connectivity index (χ0v) is 18.2. The monoisotopic (exact) mass is 444 g/mol. The number of rotatable bonds is 5. The number of nitrogens with zero attached hydrogens (tertiary/aromatic N) is 1. The van der Waals surface area contributed by atoms with Gasteiger partial charge in [-0.3, -0.25) is 4.79 Å². The molecule has 0 aliphatic heterocycles. The third kappa shape index (κ3) is 4.92. The van der Waals surface area contributed by atoms with Gasteiger partial charge in [0.1, 0.15) is 5.75 Å². The van der Waals surface area contributed by atoms with Crippen molar-refractivity contribution in [3.63, 3.8) is 0 Å². The molecule has 4 nitrogen and oxygen atoms in total. The van der Waals surface area contributed by atoms with Crippen LogP contribution in [-0.4, -0.2) is 23.5 Å². The van der Waals surface area contributed by atoms with Crippen LogP contribution in [0.25, 0.3) is 5.52 Å². The van der Waals surface area contributed by atoms with Crippen LogP contribution in [0.3, 0.4) is 0 Å². The van der Waals surface area contributed by atoms with E-state index in [1.165, 1.54) is 12.3 Å². The van der Waals surface area contributed by atoms with E-state index in [2.05, 4.69) is 5.32 Å². The number of halogens is 3. The van der Waals surface area contributed by atoms with Gasteiger partial charge < -0.3 is 14.5 Å². The summed E-state index contributed by atoms with van der Waals surface area (Å²) in [7, 11) is 1.58. The van der Waals surface area contributed by atoms with E-state index >= 15 is 0 Å². The van der Waals surface area contributed by atoms with Crippen molar-refractivity contribution in [2.75, 3.05) is 7.11 Å². The first-order chi connectivity index (χ1) is 15.2. The zero-order chi connectivity index (χ0) is 22.9. The van der Waals surface area contributed by atoms with Crippen LogP contribution in [0.5, 0.6) is 5.75 Å². The van der Waals surface area contributed by atoms with Gasteiger partial charge in [0.25, 0.3) is 5.91 Å². The highest BCUT2D eigenvalue weighted by molar-refractivity contribution is 5.94. The Morgan fingerprint density at radius 3 is 2.59 bits per heavy atom. The quantitative estimate of drug-likeness (QED) is 0.540. The van der Waals surface area contributed by atoms with Gasteiger partial charge in [-0.05, 0) is 86.6 Å². The number of fused-ring (bicyclic) bond motifs is 1. The van der Waals surface area contributed by atoms with Gasteiger partial charge in [0, 0.05) is 29.0 Å². The second kappa shape index (κ2) is 8.88. The summed E-state index contributed by atoms with van der Waals surface area (Å²) in [5.74, 6) is 0.880. The smallest absolute Gasteiger partial charge is 0.417 e. The number of amides is 1. The number of carbonyl (C=O) groups excluding carboxylic acids is 1. The Bertz CT molecular complexity index is 1100. The van der Waals surface area contributed by atoms with E-state index < -0.39 is 11.7 Å². The molecule has 170 valence electrons. The van der Waals surface area contributed by atoms with Gasteiger partial charge in [-0.2, -0.15) is 13.2 Å². The number of hydrogen-bond donors (Lipinski definition) is 1. The van der Waals surface area contributed by atoms with Gasteiger partial charge in [0.05, 0.1) is 12.7 Å². The van der Waals surface area contributed by atoms with E-state index in [4.69, 9.17) is 4.74 Å². The van der Waals surface area contributed by atoms with Gasteiger partial charge in [0.15, 0.2) is 0 Å². The van der Waals surface area contributed by atoms with Crippen molar-refractivity contribution in [2.24, 2.45) is 5.92 Å². The summed E-state index contributed by atoms with van der Waals surface area (Å²) in [6, 6.07) is 12.0. The Kier molecular flexibility index (Phi) is 6.17. The highest BCUT2D eigenvalue weighted by Crippen LogP contribution is 2.33. The summed E-state index contributed by atoms with van der Waals surface area (Å²) in [6.07, 6.45) is 1.20. The largest absolute Gasteiger partial charge is 0.497 e. The van der Waals surface area contributed by atoms with Crippen LogP contribution in [0.1, 0.15) is 52.9 Å². The van der Waals surface area contributed by atoms with Gasteiger partial charge in [-0.15, -0.1) is 0 Å². The number of carbonyl (C=O) groups is 1. The number of benzene rings is 1. The molecule has 3 aromatic rings. The molecule has 0 bridgehead atoms. The minimum absolute atomic E-state index is 0.0547. The summed E-state index contributed by atoms with van der Waals surface area (Å²) >= 11 is 0. The highest BCUT2D eigenvalue weighted by atomic mass is 19.4.